The molecule has 20 heavy (non-hydrogen) atoms. The highest BCUT2D eigenvalue weighted by molar-refractivity contribution is 7.22. The number of hydrogen-bond acceptors (Lipinski definition) is 5. The SMILES string of the molecule is COc1cc(N)cc2sc(NC(=O)C3CCCC3)nc12. The molecule has 1 aromatic carbocycles. The first kappa shape index (κ1) is 13.2. The first-order chi connectivity index (χ1) is 9.67. The Morgan fingerprint density at radius 3 is 2.90 bits per heavy atom. The van der Waals surface area contributed by atoms with E-state index < -0.39 is 0 Å². The number of nitrogen functional groups attached to an aromatic ring is 1. The summed E-state index contributed by atoms with van der Waals surface area (Å²) in [6.07, 6.45) is 4.24. The number of nitrogens with zero attached hydrogens (tertiary/aromatic N) is 1. The molecule has 1 amide bonds. The molecule has 0 spiro atoms. The molecule has 106 valence electrons. The van der Waals surface area contributed by atoms with Crippen molar-refractivity contribution in [3.63, 3.8) is 0 Å². The van der Waals surface area contributed by atoms with Crippen molar-refractivity contribution >= 4 is 38.3 Å². The highest BCUT2D eigenvalue weighted by Gasteiger charge is 2.23. The zero-order valence-electron chi connectivity index (χ0n) is 11.3. The zero-order chi connectivity index (χ0) is 14.1. The Balaban J connectivity index is 1.87. The molecule has 1 heterocycles. The number of nitrogens with one attached hydrogen (secondary N) is 1. The summed E-state index contributed by atoms with van der Waals surface area (Å²) < 4.78 is 6.20. The number of carbonyl (C=O) groups excluding carboxylic acids is 1. The van der Waals surface area contributed by atoms with Crippen LogP contribution in [-0.4, -0.2) is 18.0 Å². The van der Waals surface area contributed by atoms with Gasteiger partial charge in [0.15, 0.2) is 5.13 Å². The third kappa shape index (κ3) is 2.43. The quantitative estimate of drug-likeness (QED) is 0.852. The number of rotatable bonds is 3. The number of thiazole rings is 1. The van der Waals surface area contributed by atoms with Crippen molar-refractivity contribution < 1.29 is 9.53 Å². The van der Waals surface area contributed by atoms with E-state index in [0.717, 1.165) is 35.9 Å². The second-order valence-corrected chi connectivity index (χ2v) is 6.09. The van der Waals surface area contributed by atoms with Crippen molar-refractivity contribution in [1.82, 2.24) is 4.98 Å². The Kier molecular flexibility index (Phi) is 3.48. The van der Waals surface area contributed by atoms with E-state index in [1.807, 2.05) is 6.07 Å². The average Bonchev–Trinajstić information content (AvgIpc) is 3.05. The van der Waals surface area contributed by atoms with Crippen LogP contribution in [0.15, 0.2) is 12.1 Å². The van der Waals surface area contributed by atoms with Gasteiger partial charge >= 0.3 is 0 Å². The maximum absolute atomic E-state index is 12.1. The molecular weight excluding hydrogens is 274 g/mol. The fourth-order valence-electron chi connectivity index (χ4n) is 2.62. The summed E-state index contributed by atoms with van der Waals surface area (Å²) in [5.74, 6) is 0.847. The van der Waals surface area contributed by atoms with Crippen molar-refractivity contribution in [2.75, 3.05) is 18.2 Å². The van der Waals surface area contributed by atoms with E-state index in [-0.39, 0.29) is 11.8 Å². The van der Waals surface area contributed by atoms with Crippen LogP contribution in [0.4, 0.5) is 10.8 Å². The summed E-state index contributed by atoms with van der Waals surface area (Å²) in [6.45, 7) is 0. The molecule has 1 aliphatic rings. The minimum atomic E-state index is 0.0773. The van der Waals surface area contributed by atoms with Gasteiger partial charge in [0.1, 0.15) is 11.3 Å². The summed E-state index contributed by atoms with van der Waals surface area (Å²) in [7, 11) is 1.59. The first-order valence-corrected chi connectivity index (χ1v) is 7.54. The molecule has 1 fully saturated rings. The predicted molar refractivity (Wildman–Crippen MR) is 81.2 cm³/mol. The van der Waals surface area contributed by atoms with Gasteiger partial charge in [0, 0.05) is 17.7 Å². The van der Waals surface area contributed by atoms with Crippen LogP contribution in [-0.2, 0) is 4.79 Å². The highest BCUT2D eigenvalue weighted by atomic mass is 32.1. The third-order valence-electron chi connectivity index (χ3n) is 3.66. The summed E-state index contributed by atoms with van der Waals surface area (Å²) >= 11 is 1.43. The molecule has 1 saturated carbocycles. The number of methoxy groups -OCH3 is 1. The van der Waals surface area contributed by atoms with Crippen LogP contribution in [0.25, 0.3) is 10.2 Å². The smallest absolute Gasteiger partial charge is 0.229 e. The Labute approximate surface area is 121 Å². The molecule has 0 atom stereocenters. The molecule has 2 aromatic rings. The van der Waals surface area contributed by atoms with Crippen LogP contribution < -0.4 is 15.8 Å². The number of ether oxygens (including phenoxy) is 1. The van der Waals surface area contributed by atoms with Crippen molar-refractivity contribution in [2.24, 2.45) is 5.92 Å². The molecule has 5 nitrogen and oxygen atoms in total. The van der Waals surface area contributed by atoms with Crippen LogP contribution in [0.5, 0.6) is 5.75 Å². The lowest BCUT2D eigenvalue weighted by Gasteiger charge is -2.07. The van der Waals surface area contributed by atoms with Gasteiger partial charge in [-0.1, -0.05) is 24.2 Å². The van der Waals surface area contributed by atoms with Crippen molar-refractivity contribution in [3.8, 4) is 5.75 Å². The second-order valence-electron chi connectivity index (χ2n) is 5.06. The van der Waals surface area contributed by atoms with Gasteiger partial charge < -0.3 is 15.8 Å². The van der Waals surface area contributed by atoms with Gasteiger partial charge in [0.25, 0.3) is 0 Å². The predicted octanol–water partition coefficient (Wildman–Crippen LogP) is 3.02. The molecule has 1 aromatic heterocycles. The number of amides is 1. The van der Waals surface area contributed by atoms with Crippen molar-refractivity contribution in [3.05, 3.63) is 12.1 Å². The lowest BCUT2D eigenvalue weighted by atomic mass is 10.1. The number of anilines is 2. The van der Waals surface area contributed by atoms with E-state index in [4.69, 9.17) is 10.5 Å². The standard InChI is InChI=1S/C14H17N3O2S/c1-19-10-6-9(15)7-11-12(10)16-14(20-11)17-13(18)8-4-2-3-5-8/h6-8H,2-5,15H2,1H3,(H,16,17,18). The lowest BCUT2D eigenvalue weighted by molar-refractivity contribution is -0.119. The lowest BCUT2D eigenvalue weighted by Crippen LogP contribution is -2.20. The molecule has 0 unspecified atom stereocenters. The zero-order valence-corrected chi connectivity index (χ0v) is 12.1. The van der Waals surface area contributed by atoms with Gasteiger partial charge in [-0.15, -0.1) is 0 Å². The van der Waals surface area contributed by atoms with Gasteiger partial charge in [0.2, 0.25) is 5.91 Å². The molecule has 0 aliphatic heterocycles. The van der Waals surface area contributed by atoms with Crippen LogP contribution in [0.1, 0.15) is 25.7 Å². The van der Waals surface area contributed by atoms with Crippen LogP contribution in [0, 0.1) is 5.92 Å². The van der Waals surface area contributed by atoms with E-state index in [0.29, 0.717) is 16.6 Å². The van der Waals surface area contributed by atoms with E-state index in [9.17, 15) is 4.79 Å². The summed E-state index contributed by atoms with van der Waals surface area (Å²) in [5, 5.41) is 3.53. The monoisotopic (exact) mass is 291 g/mol. The molecule has 3 N–H and O–H groups in total. The fraction of sp³-hybridized carbons (Fsp3) is 0.429. The Hall–Kier alpha value is -1.82. The number of hydrogen-bond donors (Lipinski definition) is 2. The van der Waals surface area contributed by atoms with E-state index in [1.165, 1.54) is 11.3 Å². The first-order valence-electron chi connectivity index (χ1n) is 6.72. The maximum Gasteiger partial charge on any atom is 0.229 e. The van der Waals surface area contributed by atoms with E-state index in [1.54, 1.807) is 13.2 Å². The van der Waals surface area contributed by atoms with Gasteiger partial charge in [-0.25, -0.2) is 4.98 Å². The van der Waals surface area contributed by atoms with Crippen molar-refractivity contribution in [2.45, 2.75) is 25.7 Å². The molecule has 6 heteroatoms. The average molecular weight is 291 g/mol. The minimum absolute atomic E-state index is 0.0773. The van der Waals surface area contributed by atoms with Crippen molar-refractivity contribution in [1.29, 1.82) is 0 Å². The Bertz CT molecular complexity index is 647. The molecule has 3 rings (SSSR count). The summed E-state index contributed by atoms with van der Waals surface area (Å²) in [5.41, 5.74) is 7.20. The highest BCUT2D eigenvalue weighted by Crippen LogP contribution is 2.35. The normalized spacial score (nSPS) is 15.7. The number of nitrogens with two attached hydrogens (primary N) is 1. The van der Waals surface area contributed by atoms with Gasteiger partial charge in [-0.2, -0.15) is 0 Å². The maximum atomic E-state index is 12.1. The van der Waals surface area contributed by atoms with Gasteiger partial charge in [-0.3, -0.25) is 4.79 Å². The molecule has 1 aliphatic carbocycles. The Morgan fingerprint density at radius 2 is 2.20 bits per heavy atom. The Morgan fingerprint density at radius 1 is 1.45 bits per heavy atom. The number of benzene rings is 1. The number of carbonyl (C=O) groups is 1. The van der Waals surface area contributed by atoms with Crippen LogP contribution >= 0.6 is 11.3 Å². The second kappa shape index (κ2) is 5.28. The molecule has 0 radical (unpaired) electrons. The minimum Gasteiger partial charge on any atom is -0.494 e. The largest absolute Gasteiger partial charge is 0.494 e. The number of aromatic nitrogens is 1. The molecular formula is C14H17N3O2S. The number of fused-ring (bicyclic) bond motifs is 1. The third-order valence-corrected chi connectivity index (χ3v) is 4.58. The summed E-state index contributed by atoms with van der Waals surface area (Å²) in [4.78, 5) is 16.6. The van der Waals surface area contributed by atoms with Gasteiger partial charge in [0.05, 0.1) is 11.8 Å². The fourth-order valence-corrected chi connectivity index (χ4v) is 3.56. The van der Waals surface area contributed by atoms with Gasteiger partial charge in [-0.05, 0) is 18.9 Å². The molecule has 0 saturated heterocycles. The van der Waals surface area contributed by atoms with E-state index >= 15 is 0 Å². The summed E-state index contributed by atoms with van der Waals surface area (Å²) in [6, 6.07) is 3.59. The topological polar surface area (TPSA) is 77.2 Å². The molecule has 0 bridgehead atoms. The van der Waals surface area contributed by atoms with E-state index in [2.05, 4.69) is 10.3 Å². The van der Waals surface area contributed by atoms with Crippen LogP contribution in [0.2, 0.25) is 0 Å². The van der Waals surface area contributed by atoms with Crippen LogP contribution in [0.3, 0.4) is 0 Å².